The van der Waals surface area contributed by atoms with Crippen molar-refractivity contribution in [3.8, 4) is 0 Å². The molecule has 0 aliphatic carbocycles. The zero-order valence-corrected chi connectivity index (χ0v) is 13.0. The molecule has 4 rings (SSSR count). The predicted octanol–water partition coefficient (Wildman–Crippen LogP) is 1.96. The maximum Gasteiger partial charge on any atom is 0.258 e. The highest BCUT2D eigenvalue weighted by atomic mass is 19.1. The van der Waals surface area contributed by atoms with E-state index in [0.717, 1.165) is 18.2 Å². The summed E-state index contributed by atoms with van der Waals surface area (Å²) >= 11 is 0. The maximum absolute atomic E-state index is 14.2. The van der Waals surface area contributed by atoms with E-state index in [0.29, 0.717) is 11.1 Å². The highest BCUT2D eigenvalue weighted by molar-refractivity contribution is 6.00. The first-order chi connectivity index (χ1) is 12.0. The van der Waals surface area contributed by atoms with E-state index in [1.165, 1.54) is 21.8 Å². The number of hydrogen-bond acceptors (Lipinski definition) is 4. The van der Waals surface area contributed by atoms with Gasteiger partial charge in [-0.2, -0.15) is 5.10 Å². The number of nitrogens with zero attached hydrogens (tertiary/aromatic N) is 4. The summed E-state index contributed by atoms with van der Waals surface area (Å²) in [6.07, 6.45) is 5.39. The van der Waals surface area contributed by atoms with Crippen LogP contribution in [0.3, 0.4) is 0 Å². The first-order valence-corrected chi connectivity index (χ1v) is 7.76. The summed E-state index contributed by atoms with van der Waals surface area (Å²) < 4.78 is 29.2. The van der Waals surface area contributed by atoms with Crippen LogP contribution in [-0.2, 0) is 0 Å². The van der Waals surface area contributed by atoms with E-state index in [9.17, 15) is 18.7 Å². The molecule has 0 bridgehead atoms. The van der Waals surface area contributed by atoms with Crippen LogP contribution < -0.4 is 0 Å². The Morgan fingerprint density at radius 1 is 1.28 bits per heavy atom. The summed E-state index contributed by atoms with van der Waals surface area (Å²) in [5.41, 5.74) is 0.857. The van der Waals surface area contributed by atoms with Crippen LogP contribution in [0.15, 0.2) is 43.0 Å². The fourth-order valence-corrected chi connectivity index (χ4v) is 3.26. The smallest absolute Gasteiger partial charge is 0.258 e. The molecule has 6 nitrogen and oxygen atoms in total. The molecule has 128 valence electrons. The molecule has 0 spiro atoms. The Morgan fingerprint density at radius 2 is 2.12 bits per heavy atom. The van der Waals surface area contributed by atoms with Crippen molar-refractivity contribution in [3.63, 3.8) is 0 Å². The molecule has 1 saturated heterocycles. The number of likely N-dealkylation sites (tertiary alicyclic amines) is 1. The predicted molar refractivity (Wildman–Crippen MR) is 83.7 cm³/mol. The molecule has 1 aliphatic rings. The molecule has 1 N–H and O–H groups in total. The van der Waals surface area contributed by atoms with Gasteiger partial charge in [0, 0.05) is 24.5 Å². The van der Waals surface area contributed by atoms with Gasteiger partial charge in [0.1, 0.15) is 11.6 Å². The molecule has 25 heavy (non-hydrogen) atoms. The number of carbonyl (C=O) groups is 1. The van der Waals surface area contributed by atoms with E-state index >= 15 is 0 Å². The number of β-amino-alcohol motifs (C(OH)–C–C–N with tert-alkyl or cyclic N) is 1. The number of aromatic nitrogens is 3. The van der Waals surface area contributed by atoms with E-state index in [-0.39, 0.29) is 18.5 Å². The summed E-state index contributed by atoms with van der Waals surface area (Å²) in [4.78, 5) is 18.3. The first kappa shape index (κ1) is 15.6. The topological polar surface area (TPSA) is 70.7 Å². The molecule has 1 aromatic carbocycles. The zero-order chi connectivity index (χ0) is 17.6. The van der Waals surface area contributed by atoms with Crippen molar-refractivity contribution in [2.75, 3.05) is 6.54 Å². The Hall–Kier alpha value is -2.87. The van der Waals surface area contributed by atoms with Gasteiger partial charge >= 0.3 is 0 Å². The van der Waals surface area contributed by atoms with Crippen LogP contribution in [0.4, 0.5) is 8.78 Å². The molecule has 2 unspecified atom stereocenters. The van der Waals surface area contributed by atoms with Crippen molar-refractivity contribution in [1.82, 2.24) is 19.5 Å². The van der Waals surface area contributed by atoms with Crippen molar-refractivity contribution in [1.29, 1.82) is 0 Å². The third-order valence-corrected chi connectivity index (χ3v) is 4.41. The van der Waals surface area contributed by atoms with Crippen LogP contribution in [0, 0.1) is 11.6 Å². The SMILES string of the molecule is O=C(c1cnn2ccncc12)N1CC(O)CC1c1cc(F)ccc1F. The molecule has 3 heterocycles. The number of aliphatic hydroxyl groups excluding tert-OH is 1. The lowest BCUT2D eigenvalue weighted by Gasteiger charge is -2.24. The van der Waals surface area contributed by atoms with E-state index in [4.69, 9.17) is 0 Å². The summed E-state index contributed by atoms with van der Waals surface area (Å²) in [5.74, 6) is -1.61. The van der Waals surface area contributed by atoms with Gasteiger partial charge in [-0.05, 0) is 24.6 Å². The van der Waals surface area contributed by atoms with Crippen molar-refractivity contribution in [2.45, 2.75) is 18.6 Å². The molecular formula is C17H14F2N4O2. The van der Waals surface area contributed by atoms with Crippen molar-refractivity contribution >= 4 is 11.4 Å². The number of amides is 1. The summed E-state index contributed by atoms with van der Waals surface area (Å²) in [6.45, 7) is 0.0387. The molecule has 1 amide bonds. The number of aliphatic hydroxyl groups is 1. The Kier molecular flexibility index (Phi) is 3.69. The first-order valence-electron chi connectivity index (χ1n) is 7.76. The quantitative estimate of drug-likeness (QED) is 0.771. The third kappa shape index (κ3) is 2.64. The monoisotopic (exact) mass is 344 g/mol. The number of carbonyl (C=O) groups excluding carboxylic acids is 1. The highest BCUT2D eigenvalue weighted by Crippen LogP contribution is 2.35. The molecule has 3 aromatic rings. The normalized spacial score (nSPS) is 20.4. The molecule has 8 heteroatoms. The fraction of sp³-hybridized carbons (Fsp3) is 0.235. The molecule has 1 aliphatic heterocycles. The Morgan fingerprint density at radius 3 is 2.96 bits per heavy atom. The summed E-state index contributed by atoms with van der Waals surface area (Å²) in [5, 5.41) is 14.1. The minimum absolute atomic E-state index is 0.0387. The van der Waals surface area contributed by atoms with Gasteiger partial charge in [0.05, 0.1) is 35.6 Å². The average molecular weight is 344 g/mol. The van der Waals surface area contributed by atoms with E-state index < -0.39 is 29.7 Å². The number of rotatable bonds is 2. The maximum atomic E-state index is 14.2. The largest absolute Gasteiger partial charge is 0.391 e. The van der Waals surface area contributed by atoms with Gasteiger partial charge in [0.25, 0.3) is 5.91 Å². The minimum atomic E-state index is -0.809. The number of fused-ring (bicyclic) bond motifs is 1. The molecule has 0 saturated carbocycles. The molecule has 1 fully saturated rings. The van der Waals surface area contributed by atoms with Gasteiger partial charge in [-0.3, -0.25) is 9.78 Å². The second kappa shape index (κ2) is 5.89. The Bertz CT molecular complexity index is 959. The van der Waals surface area contributed by atoms with Crippen LogP contribution >= 0.6 is 0 Å². The lowest BCUT2D eigenvalue weighted by atomic mass is 10.0. The number of halogens is 2. The molecule has 2 atom stereocenters. The third-order valence-electron chi connectivity index (χ3n) is 4.41. The van der Waals surface area contributed by atoms with Crippen molar-refractivity contribution in [3.05, 3.63) is 65.7 Å². The zero-order valence-electron chi connectivity index (χ0n) is 13.0. The highest BCUT2D eigenvalue weighted by Gasteiger charge is 2.38. The van der Waals surface area contributed by atoms with Crippen LogP contribution in [0.5, 0.6) is 0 Å². The van der Waals surface area contributed by atoms with Gasteiger partial charge in [-0.1, -0.05) is 0 Å². The standard InChI is InChI=1S/C17H14F2N4O2/c18-10-1-2-14(19)12(5-10)15-6-11(24)9-22(15)17(25)13-7-21-23-4-3-20-8-16(13)23/h1-5,7-8,11,15,24H,6,9H2. The molecule has 2 aromatic heterocycles. The van der Waals surface area contributed by atoms with Gasteiger partial charge in [0.2, 0.25) is 0 Å². The van der Waals surface area contributed by atoms with Crippen molar-refractivity contribution in [2.24, 2.45) is 0 Å². The van der Waals surface area contributed by atoms with Gasteiger partial charge in [-0.15, -0.1) is 0 Å². The second-order valence-corrected chi connectivity index (χ2v) is 5.99. The van der Waals surface area contributed by atoms with Crippen LogP contribution in [-0.4, -0.2) is 43.2 Å². The molecular weight excluding hydrogens is 330 g/mol. The van der Waals surface area contributed by atoms with Gasteiger partial charge in [-0.25, -0.2) is 13.3 Å². The van der Waals surface area contributed by atoms with Gasteiger partial charge in [0.15, 0.2) is 0 Å². The molecule has 0 radical (unpaired) electrons. The fourth-order valence-electron chi connectivity index (χ4n) is 3.26. The Labute approximate surface area is 141 Å². The van der Waals surface area contributed by atoms with Crippen molar-refractivity contribution < 1.29 is 18.7 Å². The van der Waals surface area contributed by atoms with Gasteiger partial charge < -0.3 is 10.0 Å². The number of hydrogen-bond donors (Lipinski definition) is 1. The lowest BCUT2D eigenvalue weighted by molar-refractivity contribution is 0.0715. The average Bonchev–Trinajstić information content (AvgIpc) is 3.20. The van der Waals surface area contributed by atoms with Crippen LogP contribution in [0.1, 0.15) is 28.4 Å². The lowest BCUT2D eigenvalue weighted by Crippen LogP contribution is -2.32. The van der Waals surface area contributed by atoms with E-state index in [1.54, 1.807) is 12.4 Å². The minimum Gasteiger partial charge on any atom is -0.391 e. The van der Waals surface area contributed by atoms with Crippen LogP contribution in [0.2, 0.25) is 0 Å². The Balaban J connectivity index is 1.74. The summed E-state index contributed by atoms with van der Waals surface area (Å²) in [6, 6.07) is 2.37. The van der Waals surface area contributed by atoms with E-state index in [2.05, 4.69) is 10.1 Å². The summed E-state index contributed by atoms with van der Waals surface area (Å²) in [7, 11) is 0. The van der Waals surface area contributed by atoms with Crippen LogP contribution in [0.25, 0.3) is 5.52 Å². The second-order valence-electron chi connectivity index (χ2n) is 5.99. The number of benzene rings is 1. The van der Waals surface area contributed by atoms with E-state index in [1.807, 2.05) is 0 Å².